The van der Waals surface area contributed by atoms with Crippen LogP contribution in [-0.2, 0) is 14.3 Å². The molecule has 0 aliphatic heterocycles. The Morgan fingerprint density at radius 1 is 1.32 bits per heavy atom. The van der Waals surface area contributed by atoms with Crippen LogP contribution >= 0.6 is 23.2 Å². The highest BCUT2D eigenvalue weighted by atomic mass is 35.5. The Kier molecular flexibility index (Phi) is 5.19. The van der Waals surface area contributed by atoms with Crippen molar-refractivity contribution < 1.29 is 19.1 Å². The molecule has 1 saturated carbocycles. The molecule has 1 aliphatic rings. The van der Waals surface area contributed by atoms with Crippen LogP contribution < -0.4 is 10.1 Å². The highest BCUT2D eigenvalue weighted by Gasteiger charge is 2.56. The molecule has 1 N–H and O–H groups in total. The summed E-state index contributed by atoms with van der Waals surface area (Å²) in [7, 11) is 2.87. The van der Waals surface area contributed by atoms with Gasteiger partial charge in [-0.2, -0.15) is 0 Å². The molecule has 1 amide bonds. The summed E-state index contributed by atoms with van der Waals surface area (Å²) >= 11 is 11.8. The summed E-state index contributed by atoms with van der Waals surface area (Å²) in [6, 6.07) is 6.59. The van der Waals surface area contributed by atoms with Crippen molar-refractivity contribution in [1.29, 1.82) is 0 Å². The number of benzene rings is 1. The number of methoxy groups -OCH3 is 2. The minimum atomic E-state index is -1.00. The van der Waals surface area contributed by atoms with E-state index in [0.717, 1.165) is 5.56 Å². The Hall–Kier alpha value is -1.46. The van der Waals surface area contributed by atoms with Gasteiger partial charge >= 0.3 is 5.97 Å². The average Bonchev–Trinajstić information content (AvgIpc) is 3.15. The summed E-state index contributed by atoms with van der Waals surface area (Å²) < 4.78 is 8.77. The van der Waals surface area contributed by atoms with Gasteiger partial charge in [0, 0.05) is 0 Å². The number of alkyl halides is 2. The summed E-state index contributed by atoms with van der Waals surface area (Å²) in [6.45, 7) is 0. The van der Waals surface area contributed by atoms with E-state index in [0.29, 0.717) is 12.2 Å². The lowest BCUT2D eigenvalue weighted by molar-refractivity contribution is -0.141. The quantitative estimate of drug-likeness (QED) is 0.635. The summed E-state index contributed by atoms with van der Waals surface area (Å²) in [5.74, 6) is -0.446. The molecular formula is C15H17Cl2NO4. The van der Waals surface area contributed by atoms with E-state index in [1.54, 1.807) is 31.4 Å². The van der Waals surface area contributed by atoms with E-state index < -0.39 is 22.3 Å². The number of halogens is 2. The average molecular weight is 346 g/mol. The molecule has 1 aromatic rings. The van der Waals surface area contributed by atoms with Crippen LogP contribution in [0.5, 0.6) is 5.75 Å². The second-order valence-electron chi connectivity index (χ2n) is 5.13. The number of amides is 1. The van der Waals surface area contributed by atoms with Gasteiger partial charge in [0.25, 0.3) is 0 Å². The van der Waals surface area contributed by atoms with Crippen LogP contribution in [0.3, 0.4) is 0 Å². The Balaban J connectivity index is 2.11. The van der Waals surface area contributed by atoms with Gasteiger partial charge < -0.3 is 14.8 Å². The highest BCUT2D eigenvalue weighted by Crippen LogP contribution is 2.53. The van der Waals surface area contributed by atoms with Crippen molar-refractivity contribution in [3.8, 4) is 5.75 Å². The van der Waals surface area contributed by atoms with Crippen LogP contribution in [0.25, 0.3) is 0 Å². The van der Waals surface area contributed by atoms with Gasteiger partial charge in [-0.25, -0.2) is 0 Å². The first-order chi connectivity index (χ1) is 10.4. The fraction of sp³-hybridized carbons (Fsp3) is 0.467. The largest absolute Gasteiger partial charge is 0.497 e. The molecule has 0 radical (unpaired) electrons. The third-order valence-corrected chi connectivity index (χ3v) is 4.41. The summed E-state index contributed by atoms with van der Waals surface area (Å²) in [5.41, 5.74) is 0.773. The third kappa shape index (κ3) is 4.05. The molecule has 0 aromatic heterocycles. The van der Waals surface area contributed by atoms with Crippen molar-refractivity contribution in [2.45, 2.75) is 23.2 Å². The SMILES string of the molecule is COC(=O)CC(NC(=O)C1CC1(Cl)Cl)c1ccc(OC)cc1. The molecule has 2 unspecified atom stereocenters. The molecule has 1 aromatic carbocycles. The number of ether oxygens (including phenoxy) is 2. The van der Waals surface area contributed by atoms with E-state index in [1.807, 2.05) is 0 Å². The number of rotatable bonds is 6. The number of nitrogens with one attached hydrogen (secondary N) is 1. The van der Waals surface area contributed by atoms with Crippen LogP contribution in [0.2, 0.25) is 0 Å². The van der Waals surface area contributed by atoms with Crippen LogP contribution in [0.1, 0.15) is 24.4 Å². The summed E-state index contributed by atoms with van der Waals surface area (Å²) in [4.78, 5) is 23.7. The lowest BCUT2D eigenvalue weighted by atomic mass is 10.0. The fourth-order valence-corrected chi connectivity index (χ4v) is 2.62. The molecule has 22 heavy (non-hydrogen) atoms. The van der Waals surface area contributed by atoms with Gasteiger partial charge in [0.1, 0.15) is 10.1 Å². The summed E-state index contributed by atoms with van der Waals surface area (Å²) in [6.07, 6.45) is 0.439. The maximum absolute atomic E-state index is 12.1. The first-order valence-corrected chi connectivity index (χ1v) is 7.52. The molecule has 2 atom stereocenters. The van der Waals surface area contributed by atoms with E-state index in [9.17, 15) is 9.59 Å². The maximum atomic E-state index is 12.1. The topological polar surface area (TPSA) is 64.6 Å². The lowest BCUT2D eigenvalue weighted by Gasteiger charge is -2.18. The molecule has 0 heterocycles. The molecule has 2 rings (SSSR count). The van der Waals surface area contributed by atoms with Crippen LogP contribution in [0, 0.1) is 5.92 Å². The molecule has 120 valence electrons. The van der Waals surface area contributed by atoms with Gasteiger partial charge in [-0.1, -0.05) is 12.1 Å². The van der Waals surface area contributed by atoms with Gasteiger partial charge in [0.15, 0.2) is 0 Å². The van der Waals surface area contributed by atoms with E-state index in [1.165, 1.54) is 7.11 Å². The number of esters is 1. The lowest BCUT2D eigenvalue weighted by Crippen LogP contribution is -2.32. The van der Waals surface area contributed by atoms with Crippen molar-refractivity contribution in [2.75, 3.05) is 14.2 Å². The molecule has 0 saturated heterocycles. The van der Waals surface area contributed by atoms with Crippen molar-refractivity contribution in [3.05, 3.63) is 29.8 Å². The minimum Gasteiger partial charge on any atom is -0.497 e. The predicted octanol–water partition coefficient (Wildman–Crippen LogP) is 2.61. The van der Waals surface area contributed by atoms with Gasteiger partial charge in [0.2, 0.25) is 5.91 Å². The van der Waals surface area contributed by atoms with Crippen LogP contribution in [0.15, 0.2) is 24.3 Å². The Morgan fingerprint density at radius 3 is 2.36 bits per heavy atom. The minimum absolute atomic E-state index is 0.0266. The van der Waals surface area contributed by atoms with Gasteiger partial charge in [0.05, 0.1) is 32.6 Å². The number of hydrogen-bond donors (Lipinski definition) is 1. The second kappa shape index (κ2) is 6.75. The van der Waals surface area contributed by atoms with Gasteiger partial charge in [-0.3, -0.25) is 9.59 Å². The molecule has 0 bridgehead atoms. The van der Waals surface area contributed by atoms with E-state index in [4.69, 9.17) is 27.9 Å². The van der Waals surface area contributed by atoms with E-state index in [-0.39, 0.29) is 12.3 Å². The van der Waals surface area contributed by atoms with Gasteiger partial charge in [-0.15, -0.1) is 23.2 Å². The molecule has 1 fully saturated rings. The highest BCUT2D eigenvalue weighted by molar-refractivity contribution is 6.52. The fourth-order valence-electron chi connectivity index (χ4n) is 2.11. The van der Waals surface area contributed by atoms with Gasteiger partial charge in [-0.05, 0) is 24.1 Å². The van der Waals surface area contributed by atoms with Crippen molar-refractivity contribution in [3.63, 3.8) is 0 Å². The Bertz CT molecular complexity index is 559. The number of hydrogen-bond acceptors (Lipinski definition) is 4. The zero-order valence-electron chi connectivity index (χ0n) is 12.3. The molecule has 5 nitrogen and oxygen atoms in total. The predicted molar refractivity (Wildman–Crippen MR) is 83.1 cm³/mol. The normalized spacial score (nSPS) is 19.9. The van der Waals surface area contributed by atoms with Crippen LogP contribution in [-0.4, -0.2) is 30.4 Å². The number of carbonyl (C=O) groups excluding carboxylic acids is 2. The Labute approximate surface area is 138 Å². The Morgan fingerprint density at radius 2 is 1.91 bits per heavy atom. The zero-order valence-corrected chi connectivity index (χ0v) is 13.8. The monoisotopic (exact) mass is 345 g/mol. The van der Waals surface area contributed by atoms with Crippen molar-refractivity contribution in [2.24, 2.45) is 5.92 Å². The first kappa shape index (κ1) is 16.9. The number of carbonyl (C=O) groups is 2. The smallest absolute Gasteiger partial charge is 0.307 e. The van der Waals surface area contributed by atoms with Crippen molar-refractivity contribution >= 4 is 35.1 Å². The second-order valence-corrected chi connectivity index (χ2v) is 6.67. The molecular weight excluding hydrogens is 329 g/mol. The van der Waals surface area contributed by atoms with E-state index in [2.05, 4.69) is 10.1 Å². The maximum Gasteiger partial charge on any atom is 0.307 e. The van der Waals surface area contributed by atoms with Crippen LogP contribution in [0.4, 0.5) is 0 Å². The third-order valence-electron chi connectivity index (χ3n) is 3.58. The molecule has 1 aliphatic carbocycles. The van der Waals surface area contributed by atoms with Crippen molar-refractivity contribution in [1.82, 2.24) is 5.32 Å². The first-order valence-electron chi connectivity index (χ1n) is 6.76. The molecule has 0 spiro atoms. The molecule has 7 heteroatoms. The zero-order chi connectivity index (χ0) is 16.3. The standard InChI is InChI=1S/C15H17Cl2NO4/c1-21-10-5-3-9(4-6-10)12(7-13(19)22-2)18-14(20)11-8-15(11,16)17/h3-6,11-12H,7-8H2,1-2H3,(H,18,20). The summed E-state index contributed by atoms with van der Waals surface area (Å²) in [5, 5.41) is 2.80. The van der Waals surface area contributed by atoms with E-state index >= 15 is 0 Å².